The van der Waals surface area contributed by atoms with Crippen molar-refractivity contribution in [1.29, 1.82) is 0 Å². The van der Waals surface area contributed by atoms with Crippen LogP contribution in [0.2, 0.25) is 0 Å². The number of benzene rings is 6. The highest BCUT2D eigenvalue weighted by molar-refractivity contribution is 5.93. The van der Waals surface area contributed by atoms with E-state index in [0.717, 1.165) is 16.7 Å². The lowest BCUT2D eigenvalue weighted by molar-refractivity contribution is 0.660. The van der Waals surface area contributed by atoms with Crippen LogP contribution >= 0.6 is 0 Å². The molecule has 7 aromatic rings. The van der Waals surface area contributed by atoms with Crippen molar-refractivity contribution in [3.8, 4) is 67.5 Å². The molecule has 0 unspecified atom stereocenters. The van der Waals surface area contributed by atoms with Gasteiger partial charge in [-0.2, -0.15) is 0 Å². The van der Waals surface area contributed by atoms with E-state index in [1.807, 2.05) is 18.2 Å². The maximum absolute atomic E-state index is 5.19. The Morgan fingerprint density at radius 3 is 1.54 bits per heavy atom. The molecule has 2 aliphatic rings. The molecule has 48 heavy (non-hydrogen) atoms. The Morgan fingerprint density at radius 2 is 0.812 bits per heavy atom. The predicted molar refractivity (Wildman–Crippen MR) is 197 cm³/mol. The summed E-state index contributed by atoms with van der Waals surface area (Å²) in [6.45, 7) is 9.27. The van der Waals surface area contributed by atoms with Crippen LogP contribution in [0.25, 0.3) is 67.5 Å². The van der Waals surface area contributed by atoms with E-state index in [1.165, 1.54) is 55.6 Å². The van der Waals surface area contributed by atoms with Crippen LogP contribution in [0.5, 0.6) is 0 Å². The van der Waals surface area contributed by atoms with Gasteiger partial charge >= 0.3 is 0 Å². The molecule has 0 spiro atoms. The Morgan fingerprint density at radius 1 is 0.333 bits per heavy atom. The van der Waals surface area contributed by atoms with Crippen molar-refractivity contribution in [1.82, 2.24) is 15.0 Å². The molecule has 2 aliphatic carbocycles. The van der Waals surface area contributed by atoms with Crippen LogP contribution in [0.15, 0.2) is 140 Å². The lowest BCUT2D eigenvalue weighted by atomic mass is 9.80. The van der Waals surface area contributed by atoms with Crippen LogP contribution in [-0.4, -0.2) is 15.0 Å². The molecule has 0 atom stereocenters. The minimum atomic E-state index is -0.188. The topological polar surface area (TPSA) is 38.7 Å². The van der Waals surface area contributed by atoms with Crippen LogP contribution in [0, 0.1) is 0 Å². The average molecular weight is 618 g/mol. The highest BCUT2D eigenvalue weighted by Crippen LogP contribution is 2.53. The molecule has 9 rings (SSSR count). The molecule has 0 N–H and O–H groups in total. The number of hydrogen-bond acceptors (Lipinski definition) is 3. The first-order chi connectivity index (χ1) is 23.3. The molecule has 0 amide bonds. The largest absolute Gasteiger partial charge is 0.208 e. The number of aromatic nitrogens is 3. The molecule has 0 radical (unpaired) electrons. The molecule has 230 valence electrons. The Labute approximate surface area is 282 Å². The van der Waals surface area contributed by atoms with E-state index >= 15 is 0 Å². The van der Waals surface area contributed by atoms with Crippen LogP contribution in [0.1, 0.15) is 49.9 Å². The fraction of sp³-hybridized carbons (Fsp3) is 0.133. The molecule has 0 fully saturated rings. The summed E-state index contributed by atoms with van der Waals surface area (Å²) >= 11 is 0. The highest BCUT2D eigenvalue weighted by atomic mass is 15.0. The molecule has 3 heteroatoms. The zero-order chi connectivity index (χ0) is 32.6. The lowest BCUT2D eigenvalue weighted by Gasteiger charge is -2.24. The number of fused-ring (bicyclic) bond motifs is 6. The van der Waals surface area contributed by atoms with Crippen molar-refractivity contribution < 1.29 is 0 Å². The Hall–Kier alpha value is -5.67. The summed E-state index contributed by atoms with van der Waals surface area (Å²) in [4.78, 5) is 15.4. The number of hydrogen-bond donors (Lipinski definition) is 0. The van der Waals surface area contributed by atoms with Gasteiger partial charge in [-0.3, -0.25) is 0 Å². The Balaban J connectivity index is 1.18. The Kier molecular flexibility index (Phi) is 6.20. The number of rotatable bonds is 4. The molecule has 1 aromatic heterocycles. The summed E-state index contributed by atoms with van der Waals surface area (Å²) in [6.07, 6.45) is 0. The highest BCUT2D eigenvalue weighted by Gasteiger charge is 2.38. The monoisotopic (exact) mass is 617 g/mol. The molecule has 0 saturated heterocycles. The van der Waals surface area contributed by atoms with Gasteiger partial charge in [0.1, 0.15) is 0 Å². The predicted octanol–water partition coefficient (Wildman–Crippen LogP) is 11.2. The van der Waals surface area contributed by atoms with Crippen LogP contribution in [-0.2, 0) is 10.8 Å². The minimum absolute atomic E-state index is 0.0372. The second kappa shape index (κ2) is 10.4. The van der Waals surface area contributed by atoms with Gasteiger partial charge in [0.05, 0.1) is 0 Å². The van der Waals surface area contributed by atoms with Crippen LogP contribution < -0.4 is 0 Å². The summed E-state index contributed by atoms with van der Waals surface area (Å²) in [5.41, 5.74) is 15.7. The van der Waals surface area contributed by atoms with Crippen molar-refractivity contribution >= 4 is 0 Å². The first-order valence-corrected chi connectivity index (χ1v) is 16.7. The van der Waals surface area contributed by atoms with Gasteiger partial charge in [-0.05, 0) is 55.6 Å². The maximum atomic E-state index is 5.19. The van der Waals surface area contributed by atoms with Crippen molar-refractivity contribution in [3.63, 3.8) is 0 Å². The standard InChI is InChI=1S/C45H35N3/c1-44(2)37-22-11-9-17-34(37)39-31(18-13-23-38(39)44)28-24-26-30(27-25-28)42-46-41(29-14-6-5-7-15-29)47-43(48-42)35-20-12-19-33-32-16-8-10-21-36(32)45(3,4)40(33)35/h5-27H,1-4H3. The van der Waals surface area contributed by atoms with Crippen molar-refractivity contribution in [2.45, 2.75) is 38.5 Å². The van der Waals surface area contributed by atoms with Crippen molar-refractivity contribution in [3.05, 3.63) is 162 Å². The van der Waals surface area contributed by atoms with Gasteiger partial charge in [0.15, 0.2) is 17.5 Å². The zero-order valence-electron chi connectivity index (χ0n) is 27.6. The third-order valence-corrected chi connectivity index (χ3v) is 10.5. The summed E-state index contributed by atoms with van der Waals surface area (Å²) in [5, 5.41) is 0. The van der Waals surface area contributed by atoms with E-state index in [1.54, 1.807) is 0 Å². The SMILES string of the molecule is CC1(C)c2ccccc2-c2c(-c3ccc(-c4nc(-c5ccccc5)nc(-c5cccc6c5C(C)(C)c5ccccc5-6)n4)cc3)cccc21. The van der Waals surface area contributed by atoms with E-state index < -0.39 is 0 Å². The maximum Gasteiger partial charge on any atom is 0.164 e. The van der Waals surface area contributed by atoms with E-state index in [2.05, 4.69) is 149 Å². The molecule has 3 nitrogen and oxygen atoms in total. The van der Waals surface area contributed by atoms with E-state index in [4.69, 9.17) is 15.0 Å². The van der Waals surface area contributed by atoms with Crippen molar-refractivity contribution in [2.24, 2.45) is 0 Å². The van der Waals surface area contributed by atoms with E-state index in [0.29, 0.717) is 17.5 Å². The Bertz CT molecular complexity index is 2380. The normalized spacial score (nSPS) is 14.6. The average Bonchev–Trinajstić information content (AvgIpc) is 3.52. The van der Waals surface area contributed by atoms with Crippen molar-refractivity contribution in [2.75, 3.05) is 0 Å². The molecular weight excluding hydrogens is 583 g/mol. The number of nitrogens with zero attached hydrogens (tertiary/aromatic N) is 3. The quantitative estimate of drug-likeness (QED) is 0.197. The zero-order valence-corrected chi connectivity index (χ0v) is 27.6. The summed E-state index contributed by atoms with van der Waals surface area (Å²) < 4.78 is 0. The van der Waals surface area contributed by atoms with Crippen LogP contribution in [0.4, 0.5) is 0 Å². The minimum Gasteiger partial charge on any atom is -0.208 e. The van der Waals surface area contributed by atoms with Gasteiger partial charge in [0.2, 0.25) is 0 Å². The molecule has 0 bridgehead atoms. The summed E-state index contributed by atoms with van der Waals surface area (Å²) in [5.74, 6) is 2.03. The molecule has 6 aromatic carbocycles. The fourth-order valence-electron chi connectivity index (χ4n) is 8.17. The van der Waals surface area contributed by atoms with Gasteiger partial charge in [0, 0.05) is 27.5 Å². The first kappa shape index (κ1) is 28.5. The van der Waals surface area contributed by atoms with Gasteiger partial charge in [-0.1, -0.05) is 167 Å². The smallest absolute Gasteiger partial charge is 0.164 e. The second-order valence-corrected chi connectivity index (χ2v) is 14.0. The molecule has 0 aliphatic heterocycles. The second-order valence-electron chi connectivity index (χ2n) is 14.0. The molecule has 0 saturated carbocycles. The molecule has 1 heterocycles. The lowest BCUT2D eigenvalue weighted by Crippen LogP contribution is -2.17. The van der Waals surface area contributed by atoms with Gasteiger partial charge in [-0.15, -0.1) is 0 Å². The van der Waals surface area contributed by atoms with Crippen LogP contribution in [0.3, 0.4) is 0 Å². The van der Waals surface area contributed by atoms with E-state index in [-0.39, 0.29) is 10.8 Å². The third kappa shape index (κ3) is 4.17. The fourth-order valence-corrected chi connectivity index (χ4v) is 8.17. The summed E-state index contributed by atoms with van der Waals surface area (Å²) in [6, 6.07) is 49.8. The molecular formula is C45H35N3. The first-order valence-electron chi connectivity index (χ1n) is 16.7. The third-order valence-electron chi connectivity index (χ3n) is 10.5. The van der Waals surface area contributed by atoms with Gasteiger partial charge in [0.25, 0.3) is 0 Å². The van der Waals surface area contributed by atoms with E-state index in [9.17, 15) is 0 Å². The van der Waals surface area contributed by atoms with Gasteiger partial charge in [-0.25, -0.2) is 15.0 Å². The summed E-state index contributed by atoms with van der Waals surface area (Å²) in [7, 11) is 0. The van der Waals surface area contributed by atoms with Gasteiger partial charge < -0.3 is 0 Å².